The molecule has 13 heavy (non-hydrogen) atoms. The molecular formula is C8H11BrN2O2. The van der Waals surface area contributed by atoms with Gasteiger partial charge in [0.2, 0.25) is 11.8 Å². The van der Waals surface area contributed by atoms with Gasteiger partial charge in [-0.1, -0.05) is 15.9 Å². The molecule has 2 rings (SSSR count). The molecule has 4 nitrogen and oxygen atoms in total. The Morgan fingerprint density at radius 2 is 2.15 bits per heavy atom. The molecule has 1 unspecified atom stereocenters. The number of likely N-dealkylation sites (tertiary alicyclic amines) is 1. The van der Waals surface area contributed by atoms with Crippen LogP contribution < -0.4 is 5.32 Å². The molecule has 2 amide bonds. The standard InChI is InChI=1S/C8H11BrN2O2/c9-5-2-4-11(8(5)13)6-1-3-10-7(6)12/h5-6H,1-4H2,(H,10,12)/t5-,6?/m1/s1. The SMILES string of the molecule is O=C1NCCC1N1CC[C@@H](Br)C1=O. The van der Waals surface area contributed by atoms with Gasteiger partial charge in [-0.05, 0) is 12.8 Å². The van der Waals surface area contributed by atoms with Crippen LogP contribution in [0, 0.1) is 0 Å². The molecule has 72 valence electrons. The molecule has 0 aromatic carbocycles. The molecule has 0 aromatic heterocycles. The molecule has 2 aliphatic rings. The van der Waals surface area contributed by atoms with Gasteiger partial charge in [0, 0.05) is 13.1 Å². The van der Waals surface area contributed by atoms with Gasteiger partial charge in [-0.3, -0.25) is 9.59 Å². The van der Waals surface area contributed by atoms with Crippen LogP contribution in [0.1, 0.15) is 12.8 Å². The number of rotatable bonds is 1. The van der Waals surface area contributed by atoms with Crippen LogP contribution >= 0.6 is 15.9 Å². The Hall–Kier alpha value is -0.580. The molecule has 0 bridgehead atoms. The molecule has 2 aliphatic heterocycles. The van der Waals surface area contributed by atoms with E-state index in [9.17, 15) is 9.59 Å². The van der Waals surface area contributed by atoms with E-state index < -0.39 is 0 Å². The third-order valence-corrected chi connectivity index (χ3v) is 3.42. The first-order valence-corrected chi connectivity index (χ1v) is 5.34. The first-order chi connectivity index (χ1) is 6.20. The Morgan fingerprint density at radius 3 is 2.62 bits per heavy atom. The van der Waals surface area contributed by atoms with E-state index in [0.717, 1.165) is 12.8 Å². The van der Waals surface area contributed by atoms with E-state index >= 15 is 0 Å². The zero-order valence-corrected chi connectivity index (χ0v) is 8.71. The van der Waals surface area contributed by atoms with Gasteiger partial charge in [0.25, 0.3) is 0 Å². The predicted molar refractivity (Wildman–Crippen MR) is 50.5 cm³/mol. The number of carbonyl (C=O) groups excluding carboxylic acids is 2. The summed E-state index contributed by atoms with van der Waals surface area (Å²) in [5.41, 5.74) is 0. The molecular weight excluding hydrogens is 236 g/mol. The van der Waals surface area contributed by atoms with Crippen molar-refractivity contribution < 1.29 is 9.59 Å². The number of alkyl halides is 1. The lowest BCUT2D eigenvalue weighted by Crippen LogP contribution is -2.42. The number of hydrogen-bond donors (Lipinski definition) is 1. The monoisotopic (exact) mass is 246 g/mol. The van der Waals surface area contributed by atoms with Crippen LogP contribution in [0.25, 0.3) is 0 Å². The normalized spacial score (nSPS) is 34.1. The van der Waals surface area contributed by atoms with Crippen LogP contribution in [0.2, 0.25) is 0 Å². The number of halogens is 1. The maximum absolute atomic E-state index is 11.5. The summed E-state index contributed by atoms with van der Waals surface area (Å²) in [5.74, 6) is 0.0528. The maximum atomic E-state index is 11.5. The molecule has 0 saturated carbocycles. The van der Waals surface area contributed by atoms with E-state index in [4.69, 9.17) is 0 Å². The van der Waals surface area contributed by atoms with Gasteiger partial charge in [0.05, 0.1) is 4.83 Å². The number of hydrogen-bond acceptors (Lipinski definition) is 2. The quantitative estimate of drug-likeness (QED) is 0.656. The minimum atomic E-state index is -0.213. The van der Waals surface area contributed by atoms with E-state index in [-0.39, 0.29) is 22.7 Å². The van der Waals surface area contributed by atoms with Crippen LogP contribution in [0.5, 0.6) is 0 Å². The van der Waals surface area contributed by atoms with Crippen molar-refractivity contribution in [1.29, 1.82) is 0 Å². The summed E-state index contributed by atoms with van der Waals surface area (Å²) < 4.78 is 0. The molecule has 5 heteroatoms. The Labute approximate surface area is 84.8 Å². The highest BCUT2D eigenvalue weighted by atomic mass is 79.9. The van der Waals surface area contributed by atoms with Crippen molar-refractivity contribution >= 4 is 27.7 Å². The van der Waals surface area contributed by atoms with Gasteiger partial charge < -0.3 is 10.2 Å². The van der Waals surface area contributed by atoms with Gasteiger partial charge in [0.1, 0.15) is 6.04 Å². The van der Waals surface area contributed by atoms with Crippen LogP contribution in [0.15, 0.2) is 0 Å². The first-order valence-electron chi connectivity index (χ1n) is 4.42. The third kappa shape index (κ3) is 1.45. The molecule has 0 radical (unpaired) electrons. The number of carbonyl (C=O) groups is 2. The smallest absolute Gasteiger partial charge is 0.242 e. The lowest BCUT2D eigenvalue weighted by molar-refractivity contribution is -0.135. The lowest BCUT2D eigenvalue weighted by atomic mass is 10.2. The van der Waals surface area contributed by atoms with Crippen molar-refractivity contribution in [2.24, 2.45) is 0 Å². The van der Waals surface area contributed by atoms with Gasteiger partial charge in [0.15, 0.2) is 0 Å². The highest BCUT2D eigenvalue weighted by Gasteiger charge is 2.39. The van der Waals surface area contributed by atoms with Gasteiger partial charge in [-0.2, -0.15) is 0 Å². The van der Waals surface area contributed by atoms with Crippen molar-refractivity contribution in [3.05, 3.63) is 0 Å². The molecule has 0 aliphatic carbocycles. The zero-order chi connectivity index (χ0) is 9.42. The van der Waals surface area contributed by atoms with Crippen LogP contribution in [-0.4, -0.2) is 40.7 Å². The molecule has 1 N–H and O–H groups in total. The Balaban J connectivity index is 2.09. The molecule has 2 heterocycles. The lowest BCUT2D eigenvalue weighted by Gasteiger charge is -2.21. The second-order valence-electron chi connectivity index (χ2n) is 3.38. The second kappa shape index (κ2) is 3.29. The number of nitrogens with zero attached hydrogens (tertiary/aromatic N) is 1. The Bertz CT molecular complexity index is 257. The predicted octanol–water partition coefficient (Wildman–Crippen LogP) is -0.129. The summed E-state index contributed by atoms with van der Waals surface area (Å²) in [4.78, 5) is 24.4. The second-order valence-corrected chi connectivity index (χ2v) is 4.49. The maximum Gasteiger partial charge on any atom is 0.242 e. The molecule has 0 spiro atoms. The van der Waals surface area contributed by atoms with Crippen molar-refractivity contribution in [2.45, 2.75) is 23.7 Å². The van der Waals surface area contributed by atoms with Crippen LogP contribution in [0.4, 0.5) is 0 Å². The number of amides is 2. The Kier molecular flexibility index (Phi) is 2.27. The fourth-order valence-electron chi connectivity index (χ4n) is 1.85. The van der Waals surface area contributed by atoms with Crippen LogP contribution in [-0.2, 0) is 9.59 Å². The topological polar surface area (TPSA) is 49.4 Å². The average Bonchev–Trinajstić information content (AvgIpc) is 2.62. The van der Waals surface area contributed by atoms with E-state index in [1.807, 2.05) is 0 Å². The fraction of sp³-hybridized carbons (Fsp3) is 0.750. The Morgan fingerprint density at radius 1 is 1.38 bits per heavy atom. The average molecular weight is 247 g/mol. The van der Waals surface area contributed by atoms with Crippen molar-refractivity contribution in [3.8, 4) is 0 Å². The van der Waals surface area contributed by atoms with Gasteiger partial charge >= 0.3 is 0 Å². The van der Waals surface area contributed by atoms with E-state index in [1.165, 1.54) is 0 Å². The highest BCUT2D eigenvalue weighted by Crippen LogP contribution is 2.23. The van der Waals surface area contributed by atoms with Gasteiger partial charge in [-0.15, -0.1) is 0 Å². The van der Waals surface area contributed by atoms with E-state index in [2.05, 4.69) is 21.2 Å². The summed E-state index contributed by atoms with van der Waals surface area (Å²) >= 11 is 3.29. The summed E-state index contributed by atoms with van der Waals surface area (Å²) in [6.45, 7) is 1.40. The minimum Gasteiger partial charge on any atom is -0.354 e. The molecule has 2 fully saturated rings. The van der Waals surface area contributed by atoms with Crippen LogP contribution in [0.3, 0.4) is 0 Å². The summed E-state index contributed by atoms with van der Waals surface area (Å²) in [6.07, 6.45) is 1.56. The number of nitrogens with one attached hydrogen (secondary N) is 1. The van der Waals surface area contributed by atoms with E-state index in [0.29, 0.717) is 13.1 Å². The molecule has 0 aromatic rings. The third-order valence-electron chi connectivity index (χ3n) is 2.57. The van der Waals surface area contributed by atoms with Crippen molar-refractivity contribution in [2.75, 3.05) is 13.1 Å². The largest absolute Gasteiger partial charge is 0.354 e. The summed E-state index contributed by atoms with van der Waals surface area (Å²) in [7, 11) is 0. The van der Waals surface area contributed by atoms with E-state index in [1.54, 1.807) is 4.90 Å². The molecule has 2 atom stereocenters. The zero-order valence-electron chi connectivity index (χ0n) is 7.12. The van der Waals surface area contributed by atoms with Crippen molar-refractivity contribution in [1.82, 2.24) is 10.2 Å². The first kappa shape index (κ1) is 8.99. The highest BCUT2D eigenvalue weighted by molar-refractivity contribution is 9.10. The molecule has 2 saturated heterocycles. The fourth-order valence-corrected chi connectivity index (χ4v) is 2.32. The minimum absolute atomic E-state index is 0.00468. The summed E-state index contributed by atoms with van der Waals surface area (Å²) in [5, 5.41) is 2.73. The van der Waals surface area contributed by atoms with Gasteiger partial charge in [-0.25, -0.2) is 0 Å². The van der Waals surface area contributed by atoms with Crippen molar-refractivity contribution in [3.63, 3.8) is 0 Å². The summed E-state index contributed by atoms with van der Waals surface area (Å²) in [6, 6.07) is -0.213.